The SMILES string of the molecule is O=C(c1ccccc1)c1cc(Cl)ccc1CS(=O)(=O)c1ccc(OC(F)(F)F)cc1. The number of halogens is 4. The highest BCUT2D eigenvalue weighted by molar-refractivity contribution is 7.90. The molecular formula is C21H14ClF3O4S. The van der Waals surface area contributed by atoms with Crippen LogP contribution in [0.25, 0.3) is 0 Å². The summed E-state index contributed by atoms with van der Waals surface area (Å²) in [6.07, 6.45) is -4.88. The monoisotopic (exact) mass is 454 g/mol. The van der Waals surface area contributed by atoms with Crippen LogP contribution in [0.4, 0.5) is 13.2 Å². The zero-order chi connectivity index (χ0) is 21.9. The first-order valence-electron chi connectivity index (χ1n) is 8.52. The van der Waals surface area contributed by atoms with Gasteiger partial charge in [0.15, 0.2) is 15.6 Å². The van der Waals surface area contributed by atoms with Crippen LogP contribution in [-0.2, 0) is 15.6 Å². The molecule has 3 aromatic rings. The Morgan fingerprint density at radius 2 is 1.57 bits per heavy atom. The van der Waals surface area contributed by atoms with E-state index in [4.69, 9.17) is 11.6 Å². The van der Waals surface area contributed by atoms with E-state index in [0.29, 0.717) is 5.56 Å². The number of rotatable bonds is 6. The fourth-order valence-corrected chi connectivity index (χ4v) is 4.32. The van der Waals surface area contributed by atoms with Gasteiger partial charge < -0.3 is 4.74 Å². The van der Waals surface area contributed by atoms with Crippen molar-refractivity contribution in [1.82, 2.24) is 0 Å². The summed E-state index contributed by atoms with van der Waals surface area (Å²) < 4.78 is 66.1. The fourth-order valence-electron chi connectivity index (χ4n) is 2.77. The normalized spacial score (nSPS) is 11.9. The van der Waals surface area contributed by atoms with Gasteiger partial charge in [0, 0.05) is 16.1 Å². The smallest absolute Gasteiger partial charge is 0.406 e. The molecule has 4 nitrogen and oxygen atoms in total. The van der Waals surface area contributed by atoms with Crippen LogP contribution in [0.15, 0.2) is 77.7 Å². The zero-order valence-corrected chi connectivity index (χ0v) is 16.8. The lowest BCUT2D eigenvalue weighted by atomic mass is 9.99. The van der Waals surface area contributed by atoms with Gasteiger partial charge in [-0.15, -0.1) is 13.2 Å². The quantitative estimate of drug-likeness (QED) is 0.465. The molecule has 0 saturated carbocycles. The molecule has 0 unspecified atom stereocenters. The first-order valence-corrected chi connectivity index (χ1v) is 10.5. The number of benzene rings is 3. The molecule has 30 heavy (non-hydrogen) atoms. The van der Waals surface area contributed by atoms with Crippen LogP contribution >= 0.6 is 11.6 Å². The molecule has 156 valence electrons. The standard InChI is InChI=1S/C21H14ClF3O4S/c22-16-7-6-15(19(12-16)20(26)14-4-2-1-3-5-14)13-30(27,28)18-10-8-17(9-11-18)29-21(23,24)25/h1-12H,13H2. The number of alkyl halides is 3. The largest absolute Gasteiger partial charge is 0.573 e. The lowest BCUT2D eigenvalue weighted by molar-refractivity contribution is -0.274. The Kier molecular flexibility index (Phi) is 6.19. The van der Waals surface area contributed by atoms with Crippen molar-refractivity contribution in [2.45, 2.75) is 17.0 Å². The lowest BCUT2D eigenvalue weighted by Crippen LogP contribution is -2.17. The Hall–Kier alpha value is -2.84. The van der Waals surface area contributed by atoms with Crippen molar-refractivity contribution >= 4 is 27.2 Å². The summed E-state index contributed by atoms with van der Waals surface area (Å²) >= 11 is 6.00. The number of carbonyl (C=O) groups is 1. The highest BCUT2D eigenvalue weighted by Crippen LogP contribution is 2.27. The number of carbonyl (C=O) groups excluding carboxylic acids is 1. The number of ketones is 1. The highest BCUT2D eigenvalue weighted by Gasteiger charge is 2.31. The van der Waals surface area contributed by atoms with E-state index in [1.54, 1.807) is 30.3 Å². The van der Waals surface area contributed by atoms with Gasteiger partial charge in [0.2, 0.25) is 0 Å². The Bertz CT molecular complexity index is 1160. The van der Waals surface area contributed by atoms with E-state index in [0.717, 1.165) is 24.3 Å². The van der Waals surface area contributed by atoms with Crippen molar-refractivity contribution in [1.29, 1.82) is 0 Å². The summed E-state index contributed by atoms with van der Waals surface area (Å²) in [7, 11) is -3.96. The van der Waals surface area contributed by atoms with Gasteiger partial charge >= 0.3 is 6.36 Å². The van der Waals surface area contributed by atoms with Crippen LogP contribution in [-0.4, -0.2) is 20.6 Å². The topological polar surface area (TPSA) is 60.4 Å². The van der Waals surface area contributed by atoms with Crippen LogP contribution in [0.1, 0.15) is 21.5 Å². The number of ether oxygens (including phenoxy) is 1. The molecule has 0 saturated heterocycles. The first-order chi connectivity index (χ1) is 14.0. The Balaban J connectivity index is 1.91. The minimum absolute atomic E-state index is 0.134. The molecule has 0 radical (unpaired) electrons. The van der Waals surface area contributed by atoms with Crippen molar-refractivity contribution in [2.75, 3.05) is 0 Å². The van der Waals surface area contributed by atoms with Crippen molar-refractivity contribution in [3.8, 4) is 5.75 Å². The third-order valence-electron chi connectivity index (χ3n) is 4.11. The van der Waals surface area contributed by atoms with Crippen molar-refractivity contribution in [2.24, 2.45) is 0 Å². The molecule has 0 amide bonds. The Morgan fingerprint density at radius 1 is 0.933 bits per heavy atom. The molecule has 0 fully saturated rings. The van der Waals surface area contributed by atoms with Crippen LogP contribution in [0.5, 0.6) is 5.75 Å². The summed E-state index contributed by atoms with van der Waals surface area (Å²) in [4.78, 5) is 12.6. The zero-order valence-electron chi connectivity index (χ0n) is 15.2. The Labute approximate surface area is 175 Å². The summed E-state index contributed by atoms with van der Waals surface area (Å²) in [5.41, 5.74) is 0.727. The van der Waals surface area contributed by atoms with Crippen LogP contribution in [0.3, 0.4) is 0 Å². The molecule has 9 heteroatoms. The summed E-state index contributed by atoms with van der Waals surface area (Å²) in [5, 5.41) is 0.268. The summed E-state index contributed by atoms with van der Waals surface area (Å²) in [5.74, 6) is -1.46. The second-order valence-electron chi connectivity index (χ2n) is 6.27. The van der Waals surface area contributed by atoms with E-state index in [1.807, 2.05) is 0 Å². The minimum Gasteiger partial charge on any atom is -0.406 e. The average Bonchev–Trinajstić information content (AvgIpc) is 2.68. The predicted molar refractivity (Wildman–Crippen MR) is 105 cm³/mol. The van der Waals surface area contributed by atoms with E-state index in [2.05, 4.69) is 4.74 Å². The van der Waals surface area contributed by atoms with Gasteiger partial charge in [-0.2, -0.15) is 0 Å². The van der Waals surface area contributed by atoms with Gasteiger partial charge in [0.1, 0.15) is 5.75 Å². The molecule has 0 aliphatic carbocycles. The van der Waals surface area contributed by atoms with Crippen molar-refractivity contribution in [3.63, 3.8) is 0 Å². The van der Waals surface area contributed by atoms with E-state index in [9.17, 15) is 26.4 Å². The molecule has 3 rings (SSSR count). The second-order valence-corrected chi connectivity index (χ2v) is 8.70. The first kappa shape index (κ1) is 21.9. The van der Waals surface area contributed by atoms with Crippen LogP contribution in [0, 0.1) is 0 Å². The number of hydrogen-bond donors (Lipinski definition) is 0. The van der Waals surface area contributed by atoms with Crippen LogP contribution < -0.4 is 4.74 Å². The Morgan fingerprint density at radius 3 is 2.17 bits per heavy atom. The number of hydrogen-bond acceptors (Lipinski definition) is 4. The summed E-state index contributed by atoms with van der Waals surface area (Å²) in [6, 6.07) is 16.5. The molecule has 0 spiro atoms. The van der Waals surface area contributed by atoms with Gasteiger partial charge in [-0.1, -0.05) is 48.0 Å². The van der Waals surface area contributed by atoms with Crippen molar-refractivity contribution < 1.29 is 31.1 Å². The third kappa shape index (κ3) is 5.40. The van der Waals surface area contributed by atoms with Gasteiger partial charge in [-0.3, -0.25) is 4.79 Å². The van der Waals surface area contributed by atoms with Gasteiger partial charge in [0.05, 0.1) is 10.6 Å². The predicted octanol–water partition coefficient (Wildman–Crippen LogP) is 5.44. The second kappa shape index (κ2) is 8.49. The molecule has 0 N–H and O–H groups in total. The van der Waals surface area contributed by atoms with Crippen molar-refractivity contribution in [3.05, 3.63) is 94.5 Å². The van der Waals surface area contributed by atoms with Gasteiger partial charge in [-0.05, 0) is 42.0 Å². The molecular weight excluding hydrogens is 441 g/mol. The van der Waals surface area contributed by atoms with Gasteiger partial charge in [-0.25, -0.2) is 8.42 Å². The van der Waals surface area contributed by atoms with E-state index < -0.39 is 33.5 Å². The minimum atomic E-state index is -4.88. The number of sulfone groups is 1. The molecule has 0 aliphatic rings. The molecule has 0 aromatic heterocycles. The van der Waals surface area contributed by atoms with Crippen LogP contribution in [0.2, 0.25) is 5.02 Å². The van der Waals surface area contributed by atoms with Gasteiger partial charge in [0.25, 0.3) is 0 Å². The highest BCUT2D eigenvalue weighted by atomic mass is 35.5. The molecule has 0 aliphatic heterocycles. The third-order valence-corrected chi connectivity index (χ3v) is 6.03. The maximum atomic E-state index is 12.8. The average molecular weight is 455 g/mol. The molecule has 0 heterocycles. The fraction of sp³-hybridized carbons (Fsp3) is 0.0952. The van der Waals surface area contributed by atoms with E-state index in [-0.39, 0.29) is 21.0 Å². The summed E-state index contributed by atoms with van der Waals surface area (Å²) in [6.45, 7) is 0. The molecule has 3 aromatic carbocycles. The maximum Gasteiger partial charge on any atom is 0.573 e. The van der Waals surface area contributed by atoms with E-state index >= 15 is 0 Å². The molecule has 0 atom stereocenters. The lowest BCUT2D eigenvalue weighted by Gasteiger charge is -2.12. The van der Waals surface area contributed by atoms with E-state index in [1.165, 1.54) is 18.2 Å². The molecule has 0 bridgehead atoms. The maximum absolute atomic E-state index is 12.8.